The predicted octanol–water partition coefficient (Wildman–Crippen LogP) is 3.12. The molecule has 0 saturated carbocycles. The number of nitrogens with zero attached hydrogens (tertiary/aromatic N) is 2. The Bertz CT molecular complexity index is 466. The second-order valence-corrected chi connectivity index (χ2v) is 5.85. The van der Waals surface area contributed by atoms with Crippen molar-refractivity contribution in [2.24, 2.45) is 0 Å². The van der Waals surface area contributed by atoms with E-state index in [-0.39, 0.29) is 0 Å². The summed E-state index contributed by atoms with van der Waals surface area (Å²) in [6.07, 6.45) is 1.79. The highest BCUT2D eigenvalue weighted by Gasteiger charge is 2.04. The van der Waals surface area contributed by atoms with Gasteiger partial charge in [0.1, 0.15) is 5.82 Å². The van der Waals surface area contributed by atoms with E-state index in [9.17, 15) is 0 Å². The van der Waals surface area contributed by atoms with E-state index in [2.05, 4.69) is 37.3 Å². The average Bonchev–Trinajstić information content (AvgIpc) is 2.65. The van der Waals surface area contributed by atoms with Gasteiger partial charge in [-0.15, -0.1) is 11.3 Å². The van der Waals surface area contributed by atoms with Crippen LogP contribution in [0.5, 0.6) is 0 Å². The van der Waals surface area contributed by atoms with E-state index in [1.807, 2.05) is 19.2 Å². The molecule has 2 rings (SSSR count). The van der Waals surface area contributed by atoms with Crippen molar-refractivity contribution in [2.45, 2.75) is 6.54 Å². The van der Waals surface area contributed by atoms with Gasteiger partial charge in [-0.25, -0.2) is 4.98 Å². The van der Waals surface area contributed by atoms with Gasteiger partial charge in [-0.1, -0.05) is 0 Å². The smallest absolute Gasteiger partial charge is 0.123 e. The van der Waals surface area contributed by atoms with Gasteiger partial charge in [-0.3, -0.25) is 0 Å². The fourth-order valence-corrected chi connectivity index (χ4v) is 2.62. The van der Waals surface area contributed by atoms with Crippen molar-refractivity contribution in [1.29, 1.82) is 0 Å². The lowest BCUT2D eigenvalue weighted by Crippen LogP contribution is -2.16. The lowest BCUT2D eigenvalue weighted by atomic mass is 10.3. The van der Waals surface area contributed by atoms with Gasteiger partial charge in [0.2, 0.25) is 0 Å². The molecule has 0 radical (unpaired) electrons. The SMILES string of the molecule is CN(Cc1csc(Br)c1)c1ccc(N)nc1. The zero-order valence-corrected chi connectivity index (χ0v) is 11.3. The van der Waals surface area contributed by atoms with Gasteiger partial charge in [0, 0.05) is 13.6 Å². The summed E-state index contributed by atoms with van der Waals surface area (Å²) in [6, 6.07) is 5.92. The lowest BCUT2D eigenvalue weighted by molar-refractivity contribution is 0.922. The van der Waals surface area contributed by atoms with Gasteiger partial charge in [-0.05, 0) is 45.1 Å². The molecule has 0 aliphatic rings. The Morgan fingerprint density at radius 2 is 2.31 bits per heavy atom. The van der Waals surface area contributed by atoms with Gasteiger partial charge >= 0.3 is 0 Å². The van der Waals surface area contributed by atoms with Crippen LogP contribution in [-0.4, -0.2) is 12.0 Å². The summed E-state index contributed by atoms with van der Waals surface area (Å²) < 4.78 is 1.16. The summed E-state index contributed by atoms with van der Waals surface area (Å²) in [5.74, 6) is 0.551. The summed E-state index contributed by atoms with van der Waals surface area (Å²) in [5.41, 5.74) is 7.90. The summed E-state index contributed by atoms with van der Waals surface area (Å²) in [6.45, 7) is 0.869. The Kier molecular flexibility index (Phi) is 3.46. The Labute approximate surface area is 107 Å². The molecule has 5 heteroatoms. The number of aromatic nitrogens is 1. The third-order valence-electron chi connectivity index (χ3n) is 2.25. The molecule has 2 heterocycles. The number of nitrogens with two attached hydrogens (primary N) is 1. The summed E-state index contributed by atoms with van der Waals surface area (Å²) in [4.78, 5) is 6.22. The molecule has 3 nitrogen and oxygen atoms in total. The van der Waals surface area contributed by atoms with Crippen LogP contribution in [0.4, 0.5) is 11.5 Å². The molecule has 0 aromatic carbocycles. The molecule has 0 aliphatic heterocycles. The minimum absolute atomic E-state index is 0.551. The highest BCUT2D eigenvalue weighted by molar-refractivity contribution is 9.11. The maximum absolute atomic E-state index is 5.55. The zero-order chi connectivity index (χ0) is 11.5. The van der Waals surface area contributed by atoms with E-state index >= 15 is 0 Å². The molecule has 0 atom stereocenters. The number of hydrogen-bond donors (Lipinski definition) is 1. The van der Waals surface area contributed by atoms with E-state index in [1.165, 1.54) is 5.56 Å². The van der Waals surface area contributed by atoms with Crippen molar-refractivity contribution in [1.82, 2.24) is 4.98 Å². The number of hydrogen-bond acceptors (Lipinski definition) is 4. The number of pyridine rings is 1. The van der Waals surface area contributed by atoms with Gasteiger partial charge in [0.05, 0.1) is 15.7 Å². The van der Waals surface area contributed by atoms with Crippen LogP contribution in [0.3, 0.4) is 0 Å². The van der Waals surface area contributed by atoms with Crippen molar-refractivity contribution in [2.75, 3.05) is 17.7 Å². The van der Waals surface area contributed by atoms with Crippen LogP contribution in [-0.2, 0) is 6.54 Å². The van der Waals surface area contributed by atoms with Crippen molar-refractivity contribution in [3.63, 3.8) is 0 Å². The third-order valence-corrected chi connectivity index (χ3v) is 3.81. The maximum Gasteiger partial charge on any atom is 0.123 e. The number of halogens is 1. The quantitative estimate of drug-likeness (QED) is 0.946. The Morgan fingerprint density at radius 1 is 1.50 bits per heavy atom. The number of anilines is 2. The van der Waals surface area contributed by atoms with E-state index < -0.39 is 0 Å². The first-order chi connectivity index (χ1) is 7.65. The molecule has 16 heavy (non-hydrogen) atoms. The van der Waals surface area contributed by atoms with E-state index in [0.29, 0.717) is 5.82 Å². The van der Waals surface area contributed by atoms with Gasteiger partial charge < -0.3 is 10.6 Å². The fourth-order valence-electron chi connectivity index (χ4n) is 1.42. The van der Waals surface area contributed by atoms with Crippen LogP contribution in [0.15, 0.2) is 33.6 Å². The van der Waals surface area contributed by atoms with Crippen LogP contribution >= 0.6 is 27.3 Å². The van der Waals surface area contributed by atoms with Crippen LogP contribution in [0.1, 0.15) is 5.56 Å². The number of nitrogen functional groups attached to an aromatic ring is 1. The topological polar surface area (TPSA) is 42.1 Å². The molecule has 0 saturated heterocycles. The van der Waals surface area contributed by atoms with Gasteiger partial charge in [0.25, 0.3) is 0 Å². The maximum atomic E-state index is 5.55. The predicted molar refractivity (Wildman–Crippen MR) is 72.8 cm³/mol. The number of thiophene rings is 1. The highest BCUT2D eigenvalue weighted by Crippen LogP contribution is 2.23. The molecule has 0 bridgehead atoms. The Hall–Kier alpha value is -1.07. The standard InChI is InChI=1S/C11H12BrN3S/c1-15(6-8-4-10(12)16-7-8)9-2-3-11(13)14-5-9/h2-5,7H,6H2,1H3,(H2,13,14). The van der Waals surface area contributed by atoms with Crippen molar-refractivity contribution in [3.8, 4) is 0 Å². The molecule has 0 fully saturated rings. The molecule has 0 aliphatic carbocycles. The molecule has 2 aromatic rings. The van der Waals surface area contributed by atoms with Crippen molar-refractivity contribution in [3.05, 3.63) is 39.1 Å². The molecule has 2 aromatic heterocycles. The fraction of sp³-hybridized carbons (Fsp3) is 0.182. The third kappa shape index (κ3) is 2.74. The summed E-state index contributed by atoms with van der Waals surface area (Å²) >= 11 is 5.16. The molecule has 0 spiro atoms. The highest BCUT2D eigenvalue weighted by atomic mass is 79.9. The Balaban J connectivity index is 2.08. The molecule has 0 unspecified atom stereocenters. The van der Waals surface area contributed by atoms with Crippen LogP contribution in [0.25, 0.3) is 0 Å². The molecule has 2 N–H and O–H groups in total. The normalized spacial score (nSPS) is 10.4. The second-order valence-electron chi connectivity index (χ2n) is 3.56. The summed E-state index contributed by atoms with van der Waals surface area (Å²) in [7, 11) is 2.04. The molecular weight excluding hydrogens is 286 g/mol. The largest absolute Gasteiger partial charge is 0.384 e. The van der Waals surface area contributed by atoms with E-state index in [0.717, 1.165) is 16.0 Å². The molecular formula is C11H12BrN3S. The molecule has 0 amide bonds. The van der Waals surface area contributed by atoms with E-state index in [1.54, 1.807) is 17.5 Å². The molecule has 84 valence electrons. The minimum Gasteiger partial charge on any atom is -0.384 e. The zero-order valence-electron chi connectivity index (χ0n) is 8.85. The Morgan fingerprint density at radius 3 is 2.88 bits per heavy atom. The first-order valence-electron chi connectivity index (χ1n) is 4.81. The second kappa shape index (κ2) is 4.84. The van der Waals surface area contributed by atoms with Crippen LogP contribution < -0.4 is 10.6 Å². The lowest BCUT2D eigenvalue weighted by Gasteiger charge is -2.18. The van der Waals surface area contributed by atoms with Crippen molar-refractivity contribution >= 4 is 38.8 Å². The monoisotopic (exact) mass is 297 g/mol. The summed E-state index contributed by atoms with van der Waals surface area (Å²) in [5, 5.41) is 2.14. The first kappa shape index (κ1) is 11.4. The van der Waals surface area contributed by atoms with Gasteiger partial charge in [0.15, 0.2) is 0 Å². The van der Waals surface area contributed by atoms with Crippen LogP contribution in [0.2, 0.25) is 0 Å². The van der Waals surface area contributed by atoms with Crippen molar-refractivity contribution < 1.29 is 0 Å². The first-order valence-corrected chi connectivity index (χ1v) is 6.48. The minimum atomic E-state index is 0.551. The van der Waals surface area contributed by atoms with Gasteiger partial charge in [-0.2, -0.15) is 0 Å². The van der Waals surface area contributed by atoms with Crippen LogP contribution in [0, 0.1) is 0 Å². The number of rotatable bonds is 3. The average molecular weight is 298 g/mol. The van der Waals surface area contributed by atoms with E-state index in [4.69, 9.17) is 5.73 Å².